The number of aryl methyl sites for hydroxylation is 2. The van der Waals surface area contributed by atoms with Crippen molar-refractivity contribution in [1.29, 1.82) is 0 Å². The van der Waals surface area contributed by atoms with E-state index in [1.807, 2.05) is 32.0 Å². The van der Waals surface area contributed by atoms with Crippen LogP contribution in [-0.2, 0) is 0 Å². The molecule has 0 aliphatic carbocycles. The second-order valence-electron chi connectivity index (χ2n) is 4.03. The van der Waals surface area contributed by atoms with Gasteiger partial charge in [0.2, 0.25) is 0 Å². The lowest BCUT2D eigenvalue weighted by atomic mass is 9.98. The number of halogens is 1. The summed E-state index contributed by atoms with van der Waals surface area (Å²) < 4.78 is 13.2. The van der Waals surface area contributed by atoms with E-state index in [0.29, 0.717) is 0 Å². The number of nitrogen functional groups attached to an aromatic ring is 1. The van der Waals surface area contributed by atoms with Crippen molar-refractivity contribution in [1.82, 2.24) is 0 Å². The lowest BCUT2D eigenvalue weighted by Crippen LogP contribution is -1.91. The molecular weight excluding hydrogens is 201 g/mol. The molecule has 0 radical (unpaired) electrons. The Morgan fingerprint density at radius 3 is 2.38 bits per heavy atom. The number of hydrogen-bond donors (Lipinski definition) is 1. The zero-order valence-electron chi connectivity index (χ0n) is 9.42. The molecule has 0 amide bonds. The molecule has 2 heteroatoms. The van der Waals surface area contributed by atoms with Crippen LogP contribution < -0.4 is 5.73 Å². The van der Waals surface area contributed by atoms with Crippen LogP contribution in [0.5, 0.6) is 0 Å². The van der Waals surface area contributed by atoms with Gasteiger partial charge in [-0.05, 0) is 60.4 Å². The molecule has 82 valence electrons. The highest BCUT2D eigenvalue weighted by Crippen LogP contribution is 2.26. The first kappa shape index (κ1) is 10.7. The molecule has 2 rings (SSSR count). The molecule has 0 heterocycles. The highest BCUT2D eigenvalue weighted by Gasteiger charge is 2.04. The zero-order chi connectivity index (χ0) is 11.7. The Morgan fingerprint density at radius 1 is 0.938 bits per heavy atom. The van der Waals surface area contributed by atoms with Crippen molar-refractivity contribution in [3.05, 3.63) is 53.3 Å². The maximum Gasteiger partial charge on any atom is 0.123 e. The molecule has 0 saturated carbocycles. The van der Waals surface area contributed by atoms with Crippen molar-refractivity contribution in [3.63, 3.8) is 0 Å². The van der Waals surface area contributed by atoms with Gasteiger partial charge in [-0.2, -0.15) is 0 Å². The molecule has 0 fully saturated rings. The number of benzene rings is 2. The summed E-state index contributed by atoms with van der Waals surface area (Å²) in [7, 11) is 0. The van der Waals surface area contributed by atoms with Crippen LogP contribution in [-0.4, -0.2) is 0 Å². The summed E-state index contributed by atoms with van der Waals surface area (Å²) in [5.74, 6) is -0.213. The van der Waals surface area contributed by atoms with Crippen LogP contribution in [0.25, 0.3) is 11.1 Å². The Morgan fingerprint density at radius 2 is 1.69 bits per heavy atom. The fraction of sp³-hybridized carbons (Fsp3) is 0.143. The monoisotopic (exact) mass is 215 g/mol. The second kappa shape index (κ2) is 3.97. The van der Waals surface area contributed by atoms with Gasteiger partial charge in [0.1, 0.15) is 5.82 Å². The highest BCUT2D eigenvalue weighted by molar-refractivity contribution is 5.70. The number of rotatable bonds is 1. The summed E-state index contributed by atoms with van der Waals surface area (Å²) in [5.41, 5.74) is 10.5. The normalized spacial score (nSPS) is 10.4. The molecule has 0 aliphatic heterocycles. The van der Waals surface area contributed by atoms with Crippen molar-refractivity contribution in [2.75, 3.05) is 5.73 Å². The summed E-state index contributed by atoms with van der Waals surface area (Å²) >= 11 is 0. The van der Waals surface area contributed by atoms with Crippen molar-refractivity contribution in [2.45, 2.75) is 13.8 Å². The minimum Gasteiger partial charge on any atom is -0.399 e. The Kier molecular flexibility index (Phi) is 2.65. The van der Waals surface area contributed by atoms with Gasteiger partial charge in [-0.25, -0.2) is 4.39 Å². The average Bonchev–Trinajstić information content (AvgIpc) is 2.26. The van der Waals surface area contributed by atoms with E-state index in [0.717, 1.165) is 27.9 Å². The topological polar surface area (TPSA) is 26.0 Å². The minimum atomic E-state index is -0.213. The Bertz CT molecular complexity index is 532. The van der Waals surface area contributed by atoms with Gasteiger partial charge in [-0.1, -0.05) is 12.1 Å². The first-order valence-corrected chi connectivity index (χ1v) is 5.20. The highest BCUT2D eigenvalue weighted by atomic mass is 19.1. The second-order valence-corrected chi connectivity index (χ2v) is 4.03. The lowest BCUT2D eigenvalue weighted by molar-refractivity contribution is 0.628. The van der Waals surface area contributed by atoms with Gasteiger partial charge in [0.25, 0.3) is 0 Å². The maximum absolute atomic E-state index is 13.2. The Balaban J connectivity index is 2.58. The molecule has 2 aromatic carbocycles. The molecule has 0 aliphatic rings. The fourth-order valence-electron chi connectivity index (χ4n) is 1.75. The summed E-state index contributed by atoms with van der Waals surface area (Å²) in [6.07, 6.45) is 0. The van der Waals surface area contributed by atoms with Crippen molar-refractivity contribution >= 4 is 5.69 Å². The largest absolute Gasteiger partial charge is 0.399 e. The van der Waals surface area contributed by atoms with Gasteiger partial charge in [-0.15, -0.1) is 0 Å². The summed E-state index contributed by atoms with van der Waals surface area (Å²) in [6.45, 7) is 3.92. The summed E-state index contributed by atoms with van der Waals surface area (Å²) in [4.78, 5) is 0. The number of nitrogens with two attached hydrogens (primary N) is 1. The number of hydrogen-bond acceptors (Lipinski definition) is 1. The molecule has 0 atom stereocenters. The summed E-state index contributed by atoms with van der Waals surface area (Å²) in [6, 6.07) is 10.6. The van der Waals surface area contributed by atoms with E-state index < -0.39 is 0 Å². The molecular formula is C14H14FN. The van der Waals surface area contributed by atoms with Crippen LogP contribution in [0.2, 0.25) is 0 Å². The molecule has 0 saturated heterocycles. The standard InChI is InChI=1S/C14H14FN/c1-9-3-5-12(15)8-13(9)11-4-6-14(16)10(2)7-11/h3-8H,16H2,1-2H3. The third kappa shape index (κ3) is 1.91. The van der Waals surface area contributed by atoms with Gasteiger partial charge in [-0.3, -0.25) is 0 Å². The fourth-order valence-corrected chi connectivity index (χ4v) is 1.75. The van der Waals surface area contributed by atoms with E-state index in [4.69, 9.17) is 5.73 Å². The Labute approximate surface area is 94.7 Å². The van der Waals surface area contributed by atoms with Crippen molar-refractivity contribution in [2.24, 2.45) is 0 Å². The van der Waals surface area contributed by atoms with Crippen molar-refractivity contribution in [3.8, 4) is 11.1 Å². The molecule has 0 bridgehead atoms. The first-order chi connectivity index (χ1) is 7.58. The van der Waals surface area contributed by atoms with Crippen LogP contribution in [0.1, 0.15) is 11.1 Å². The molecule has 2 aromatic rings. The summed E-state index contributed by atoms with van der Waals surface area (Å²) in [5, 5.41) is 0. The smallest absolute Gasteiger partial charge is 0.123 e. The van der Waals surface area contributed by atoms with Gasteiger partial charge in [0.05, 0.1) is 0 Å². The number of anilines is 1. The van der Waals surface area contributed by atoms with E-state index in [1.165, 1.54) is 6.07 Å². The third-order valence-electron chi connectivity index (χ3n) is 2.78. The van der Waals surface area contributed by atoms with Crippen LogP contribution in [0.15, 0.2) is 36.4 Å². The predicted octanol–water partition coefficient (Wildman–Crippen LogP) is 3.69. The Hall–Kier alpha value is -1.83. The predicted molar refractivity (Wildman–Crippen MR) is 65.7 cm³/mol. The molecule has 16 heavy (non-hydrogen) atoms. The van der Waals surface area contributed by atoms with E-state index >= 15 is 0 Å². The van der Waals surface area contributed by atoms with E-state index in [-0.39, 0.29) is 5.82 Å². The molecule has 0 aromatic heterocycles. The van der Waals surface area contributed by atoms with E-state index in [2.05, 4.69) is 0 Å². The van der Waals surface area contributed by atoms with Gasteiger partial charge in [0.15, 0.2) is 0 Å². The molecule has 0 unspecified atom stereocenters. The van der Waals surface area contributed by atoms with Gasteiger partial charge >= 0.3 is 0 Å². The van der Waals surface area contributed by atoms with Gasteiger partial charge in [0, 0.05) is 5.69 Å². The third-order valence-corrected chi connectivity index (χ3v) is 2.78. The molecule has 0 spiro atoms. The van der Waals surface area contributed by atoms with E-state index in [1.54, 1.807) is 12.1 Å². The minimum absolute atomic E-state index is 0.213. The quantitative estimate of drug-likeness (QED) is 0.721. The van der Waals surface area contributed by atoms with Gasteiger partial charge < -0.3 is 5.73 Å². The van der Waals surface area contributed by atoms with E-state index in [9.17, 15) is 4.39 Å². The lowest BCUT2D eigenvalue weighted by Gasteiger charge is -2.08. The van der Waals surface area contributed by atoms with Crippen LogP contribution >= 0.6 is 0 Å². The van der Waals surface area contributed by atoms with Crippen LogP contribution in [0, 0.1) is 19.7 Å². The molecule has 2 N–H and O–H groups in total. The van der Waals surface area contributed by atoms with Crippen molar-refractivity contribution < 1.29 is 4.39 Å². The zero-order valence-corrected chi connectivity index (χ0v) is 9.42. The van der Waals surface area contributed by atoms with Crippen LogP contribution in [0.3, 0.4) is 0 Å². The molecule has 1 nitrogen and oxygen atoms in total. The average molecular weight is 215 g/mol. The first-order valence-electron chi connectivity index (χ1n) is 5.20. The maximum atomic E-state index is 13.2. The SMILES string of the molecule is Cc1cc(-c2cc(F)ccc2C)ccc1N. The van der Waals surface area contributed by atoms with Crippen LogP contribution in [0.4, 0.5) is 10.1 Å².